The summed E-state index contributed by atoms with van der Waals surface area (Å²) in [6, 6.07) is 15.5. The van der Waals surface area contributed by atoms with Gasteiger partial charge in [-0.25, -0.2) is 0 Å². The van der Waals surface area contributed by atoms with Crippen LogP contribution in [0.1, 0.15) is 15.2 Å². The Bertz CT molecular complexity index is 750. The molecule has 0 spiro atoms. The molecule has 20 heavy (non-hydrogen) atoms. The zero-order valence-electron chi connectivity index (χ0n) is 10.8. The fourth-order valence-corrected chi connectivity index (χ4v) is 2.77. The predicted octanol–water partition coefficient (Wildman–Crippen LogP) is 3.41. The smallest absolute Gasteiger partial charge is 0.253 e. The van der Waals surface area contributed by atoms with Gasteiger partial charge in [0.2, 0.25) is 0 Å². The molecule has 3 aromatic rings. The summed E-state index contributed by atoms with van der Waals surface area (Å²) in [6.07, 6.45) is 0. The molecule has 0 bridgehead atoms. The van der Waals surface area contributed by atoms with Crippen LogP contribution in [0.3, 0.4) is 0 Å². The number of nitrogen functional groups attached to an aromatic ring is 1. The van der Waals surface area contributed by atoms with Crippen molar-refractivity contribution >= 4 is 33.7 Å². The molecule has 3 nitrogen and oxygen atoms in total. The van der Waals surface area contributed by atoms with Crippen molar-refractivity contribution in [2.45, 2.75) is 6.54 Å². The SMILES string of the molecule is Nc1cc2ccccc2cc1C(=O)NCc1cccs1. The Balaban J connectivity index is 1.85. The van der Waals surface area contributed by atoms with E-state index in [2.05, 4.69) is 5.32 Å². The maximum atomic E-state index is 12.2. The fourth-order valence-electron chi connectivity index (χ4n) is 2.13. The van der Waals surface area contributed by atoms with Crippen LogP contribution in [0, 0.1) is 0 Å². The van der Waals surface area contributed by atoms with Gasteiger partial charge in [-0.1, -0.05) is 30.3 Å². The predicted molar refractivity (Wildman–Crippen MR) is 83.8 cm³/mol. The summed E-state index contributed by atoms with van der Waals surface area (Å²) in [6.45, 7) is 0.531. The molecule has 0 aliphatic rings. The van der Waals surface area contributed by atoms with E-state index in [1.54, 1.807) is 11.3 Å². The van der Waals surface area contributed by atoms with Gasteiger partial charge < -0.3 is 11.1 Å². The van der Waals surface area contributed by atoms with E-state index < -0.39 is 0 Å². The number of nitrogens with two attached hydrogens (primary N) is 1. The van der Waals surface area contributed by atoms with Crippen molar-refractivity contribution in [3.63, 3.8) is 0 Å². The van der Waals surface area contributed by atoms with Crippen LogP contribution in [0.4, 0.5) is 5.69 Å². The summed E-state index contributed by atoms with van der Waals surface area (Å²) in [5.74, 6) is -0.137. The molecule has 2 aromatic carbocycles. The lowest BCUT2D eigenvalue weighted by atomic mass is 10.0. The van der Waals surface area contributed by atoms with Crippen LogP contribution in [0.5, 0.6) is 0 Å². The average molecular weight is 282 g/mol. The lowest BCUT2D eigenvalue weighted by Crippen LogP contribution is -2.23. The Morgan fingerprint density at radius 3 is 2.55 bits per heavy atom. The Morgan fingerprint density at radius 1 is 1.10 bits per heavy atom. The van der Waals surface area contributed by atoms with Gasteiger partial charge in [-0.2, -0.15) is 0 Å². The van der Waals surface area contributed by atoms with E-state index in [4.69, 9.17) is 5.73 Å². The van der Waals surface area contributed by atoms with Gasteiger partial charge in [0.25, 0.3) is 5.91 Å². The molecule has 0 saturated heterocycles. The second kappa shape index (κ2) is 5.35. The first kappa shape index (κ1) is 12.7. The Labute approximate surface area is 121 Å². The third-order valence-electron chi connectivity index (χ3n) is 3.17. The number of carbonyl (C=O) groups excluding carboxylic acids is 1. The lowest BCUT2D eigenvalue weighted by molar-refractivity contribution is 0.0952. The zero-order valence-corrected chi connectivity index (χ0v) is 11.6. The van der Waals surface area contributed by atoms with Crippen molar-refractivity contribution in [2.75, 3.05) is 5.73 Å². The number of thiophene rings is 1. The van der Waals surface area contributed by atoms with Crippen molar-refractivity contribution in [2.24, 2.45) is 0 Å². The fraction of sp³-hybridized carbons (Fsp3) is 0.0625. The summed E-state index contributed by atoms with van der Waals surface area (Å²) >= 11 is 1.62. The number of amides is 1. The zero-order chi connectivity index (χ0) is 13.9. The minimum absolute atomic E-state index is 0.137. The number of benzene rings is 2. The van der Waals surface area contributed by atoms with Gasteiger partial charge in [0.05, 0.1) is 12.1 Å². The number of nitrogens with one attached hydrogen (secondary N) is 1. The number of fused-ring (bicyclic) bond motifs is 1. The highest BCUT2D eigenvalue weighted by Crippen LogP contribution is 2.22. The van der Waals surface area contributed by atoms with E-state index in [1.165, 1.54) is 0 Å². The van der Waals surface area contributed by atoms with Gasteiger partial charge in [-0.3, -0.25) is 4.79 Å². The Hall–Kier alpha value is -2.33. The molecule has 1 heterocycles. The van der Waals surface area contributed by atoms with Crippen LogP contribution in [-0.2, 0) is 6.54 Å². The summed E-state index contributed by atoms with van der Waals surface area (Å²) in [5, 5.41) is 6.95. The van der Waals surface area contributed by atoms with Crippen molar-refractivity contribution < 1.29 is 4.79 Å². The van der Waals surface area contributed by atoms with E-state index in [1.807, 2.05) is 53.9 Å². The summed E-state index contributed by atoms with van der Waals surface area (Å²) in [5.41, 5.74) is 7.01. The van der Waals surface area contributed by atoms with Crippen LogP contribution in [0.2, 0.25) is 0 Å². The van der Waals surface area contributed by atoms with Gasteiger partial charge in [0.15, 0.2) is 0 Å². The van der Waals surface area contributed by atoms with Gasteiger partial charge in [0.1, 0.15) is 0 Å². The molecule has 0 aliphatic carbocycles. The van der Waals surface area contributed by atoms with E-state index in [9.17, 15) is 4.79 Å². The molecule has 0 unspecified atom stereocenters. The van der Waals surface area contributed by atoms with Gasteiger partial charge in [-0.05, 0) is 34.4 Å². The molecule has 3 rings (SSSR count). The number of anilines is 1. The molecule has 1 amide bonds. The second-order valence-electron chi connectivity index (χ2n) is 4.55. The van der Waals surface area contributed by atoms with Gasteiger partial charge in [-0.15, -0.1) is 11.3 Å². The largest absolute Gasteiger partial charge is 0.398 e. The molecule has 0 atom stereocenters. The quantitative estimate of drug-likeness (QED) is 0.723. The topological polar surface area (TPSA) is 55.1 Å². The maximum absolute atomic E-state index is 12.2. The van der Waals surface area contributed by atoms with Crippen molar-refractivity contribution in [3.8, 4) is 0 Å². The van der Waals surface area contributed by atoms with Crippen molar-refractivity contribution in [1.29, 1.82) is 0 Å². The minimum Gasteiger partial charge on any atom is -0.398 e. The lowest BCUT2D eigenvalue weighted by Gasteiger charge is -2.08. The monoisotopic (exact) mass is 282 g/mol. The first-order chi connectivity index (χ1) is 9.74. The molecular formula is C16H14N2OS. The molecule has 0 radical (unpaired) electrons. The molecule has 0 saturated carbocycles. The standard InChI is InChI=1S/C16H14N2OS/c17-15-9-12-5-2-1-4-11(12)8-14(15)16(19)18-10-13-6-3-7-20-13/h1-9H,10,17H2,(H,18,19). The summed E-state index contributed by atoms with van der Waals surface area (Å²) < 4.78 is 0. The summed E-state index contributed by atoms with van der Waals surface area (Å²) in [7, 11) is 0. The summed E-state index contributed by atoms with van der Waals surface area (Å²) in [4.78, 5) is 13.3. The molecular weight excluding hydrogens is 268 g/mol. The number of hydrogen-bond donors (Lipinski definition) is 2. The van der Waals surface area contributed by atoms with E-state index in [-0.39, 0.29) is 5.91 Å². The Morgan fingerprint density at radius 2 is 1.85 bits per heavy atom. The molecule has 4 heteroatoms. The van der Waals surface area contributed by atoms with Crippen LogP contribution in [0.15, 0.2) is 53.9 Å². The molecule has 3 N–H and O–H groups in total. The van der Waals surface area contributed by atoms with Crippen LogP contribution in [0.25, 0.3) is 10.8 Å². The highest BCUT2D eigenvalue weighted by Gasteiger charge is 2.10. The number of carbonyl (C=O) groups is 1. The van der Waals surface area contributed by atoms with E-state index in [0.717, 1.165) is 15.6 Å². The highest BCUT2D eigenvalue weighted by atomic mass is 32.1. The number of rotatable bonds is 3. The van der Waals surface area contributed by atoms with Gasteiger partial charge in [0, 0.05) is 10.6 Å². The molecule has 0 aliphatic heterocycles. The maximum Gasteiger partial charge on any atom is 0.253 e. The second-order valence-corrected chi connectivity index (χ2v) is 5.58. The minimum atomic E-state index is -0.137. The normalized spacial score (nSPS) is 10.6. The van der Waals surface area contributed by atoms with Gasteiger partial charge >= 0.3 is 0 Å². The average Bonchev–Trinajstić information content (AvgIpc) is 2.97. The van der Waals surface area contributed by atoms with Crippen LogP contribution >= 0.6 is 11.3 Å². The first-order valence-electron chi connectivity index (χ1n) is 6.33. The molecule has 100 valence electrons. The van der Waals surface area contributed by atoms with Crippen molar-refractivity contribution in [1.82, 2.24) is 5.32 Å². The van der Waals surface area contributed by atoms with E-state index >= 15 is 0 Å². The number of hydrogen-bond acceptors (Lipinski definition) is 3. The molecule has 1 aromatic heterocycles. The third kappa shape index (κ3) is 2.51. The highest BCUT2D eigenvalue weighted by molar-refractivity contribution is 7.09. The first-order valence-corrected chi connectivity index (χ1v) is 7.21. The van der Waals surface area contributed by atoms with Crippen molar-refractivity contribution in [3.05, 3.63) is 64.4 Å². The molecule has 0 fully saturated rings. The van der Waals surface area contributed by atoms with E-state index in [0.29, 0.717) is 17.8 Å². The third-order valence-corrected chi connectivity index (χ3v) is 4.04. The Kier molecular flexibility index (Phi) is 3.39. The van der Waals surface area contributed by atoms with Crippen LogP contribution in [-0.4, -0.2) is 5.91 Å². The van der Waals surface area contributed by atoms with Crippen LogP contribution < -0.4 is 11.1 Å².